The maximum Gasteiger partial charge on any atom is 0.0705 e. The average Bonchev–Trinajstić information content (AvgIpc) is 3.07. The van der Waals surface area contributed by atoms with Crippen LogP contribution in [-0.4, -0.2) is 36.1 Å². The summed E-state index contributed by atoms with van der Waals surface area (Å²) in [6, 6.07) is 8.20. The molecule has 1 fully saturated rings. The van der Waals surface area contributed by atoms with Gasteiger partial charge in [-0.1, -0.05) is 42.6 Å². The molecule has 4 heteroatoms. The minimum Gasteiger partial charge on any atom is -0.356 e. The molecular formula is C17H24ClN3. The Bertz CT molecular complexity index is 612. The van der Waals surface area contributed by atoms with Gasteiger partial charge in [0.2, 0.25) is 0 Å². The fourth-order valence-corrected chi connectivity index (χ4v) is 3.80. The SMILES string of the molecule is CN(C)C1(CNCc2[nH]c3ccccc3c2Cl)CCCC1. The second-order valence-electron chi connectivity index (χ2n) is 6.39. The summed E-state index contributed by atoms with van der Waals surface area (Å²) < 4.78 is 0. The van der Waals surface area contributed by atoms with Crippen molar-refractivity contribution in [2.24, 2.45) is 0 Å². The van der Waals surface area contributed by atoms with Gasteiger partial charge in [0.05, 0.1) is 5.02 Å². The van der Waals surface area contributed by atoms with E-state index in [9.17, 15) is 0 Å². The van der Waals surface area contributed by atoms with Gasteiger partial charge in [-0.15, -0.1) is 0 Å². The van der Waals surface area contributed by atoms with Crippen LogP contribution in [0.15, 0.2) is 24.3 Å². The van der Waals surface area contributed by atoms with Gasteiger partial charge in [0.1, 0.15) is 0 Å². The molecule has 0 atom stereocenters. The van der Waals surface area contributed by atoms with Crippen molar-refractivity contribution in [2.75, 3.05) is 20.6 Å². The standard InChI is InChI=1S/C17H24ClN3/c1-21(2)17(9-5-6-10-17)12-19-11-15-16(18)13-7-3-4-8-14(13)20-15/h3-4,7-8,19-20H,5-6,9-12H2,1-2H3. The second-order valence-corrected chi connectivity index (χ2v) is 6.77. The molecule has 2 aromatic rings. The van der Waals surface area contributed by atoms with Crippen LogP contribution in [0.1, 0.15) is 31.4 Å². The van der Waals surface area contributed by atoms with Gasteiger partial charge in [0.15, 0.2) is 0 Å². The van der Waals surface area contributed by atoms with Crippen LogP contribution in [-0.2, 0) is 6.54 Å². The van der Waals surface area contributed by atoms with Gasteiger partial charge < -0.3 is 15.2 Å². The molecule has 1 aromatic carbocycles. The van der Waals surface area contributed by atoms with E-state index >= 15 is 0 Å². The summed E-state index contributed by atoms with van der Waals surface area (Å²) in [5.74, 6) is 0. The maximum absolute atomic E-state index is 6.47. The molecule has 0 unspecified atom stereocenters. The summed E-state index contributed by atoms with van der Waals surface area (Å²) in [4.78, 5) is 5.81. The number of hydrogen-bond donors (Lipinski definition) is 2. The van der Waals surface area contributed by atoms with Crippen molar-refractivity contribution in [3.05, 3.63) is 35.0 Å². The topological polar surface area (TPSA) is 31.1 Å². The highest BCUT2D eigenvalue weighted by Crippen LogP contribution is 2.33. The van der Waals surface area contributed by atoms with Gasteiger partial charge >= 0.3 is 0 Å². The van der Waals surface area contributed by atoms with Crippen molar-refractivity contribution < 1.29 is 0 Å². The third-order valence-electron chi connectivity index (χ3n) is 4.95. The summed E-state index contributed by atoms with van der Waals surface area (Å²) in [5, 5.41) is 5.57. The molecule has 1 aliphatic rings. The minimum atomic E-state index is 0.318. The summed E-state index contributed by atoms with van der Waals surface area (Å²) in [6.45, 7) is 1.81. The molecule has 1 aromatic heterocycles. The first-order chi connectivity index (χ1) is 10.1. The van der Waals surface area contributed by atoms with Crippen LogP contribution in [0.3, 0.4) is 0 Å². The minimum absolute atomic E-state index is 0.318. The number of nitrogens with zero attached hydrogens (tertiary/aromatic N) is 1. The van der Waals surface area contributed by atoms with Crippen LogP contribution in [0.5, 0.6) is 0 Å². The van der Waals surface area contributed by atoms with Crippen LogP contribution in [0.2, 0.25) is 5.02 Å². The summed E-state index contributed by atoms with van der Waals surface area (Å²) in [5.41, 5.74) is 2.52. The molecule has 3 nitrogen and oxygen atoms in total. The monoisotopic (exact) mass is 305 g/mol. The third kappa shape index (κ3) is 2.83. The van der Waals surface area contributed by atoms with E-state index in [1.807, 2.05) is 12.1 Å². The number of H-pyrrole nitrogens is 1. The highest BCUT2D eigenvalue weighted by atomic mass is 35.5. The summed E-state index contributed by atoms with van der Waals surface area (Å²) >= 11 is 6.47. The van der Waals surface area contributed by atoms with Gasteiger partial charge in [-0.3, -0.25) is 0 Å². The predicted molar refractivity (Wildman–Crippen MR) is 89.9 cm³/mol. The van der Waals surface area contributed by atoms with Crippen LogP contribution in [0.4, 0.5) is 0 Å². The lowest BCUT2D eigenvalue weighted by Gasteiger charge is -2.36. The Hall–Kier alpha value is -1.03. The first-order valence-electron chi connectivity index (χ1n) is 7.76. The molecule has 0 bridgehead atoms. The zero-order valence-corrected chi connectivity index (χ0v) is 13.6. The number of para-hydroxylation sites is 1. The fraction of sp³-hybridized carbons (Fsp3) is 0.529. The molecule has 0 saturated heterocycles. The number of rotatable bonds is 5. The molecule has 1 aliphatic carbocycles. The Balaban J connectivity index is 1.68. The number of fused-ring (bicyclic) bond motifs is 1. The second kappa shape index (κ2) is 5.99. The van der Waals surface area contributed by atoms with Crippen LogP contribution >= 0.6 is 11.6 Å². The third-order valence-corrected chi connectivity index (χ3v) is 5.38. The Kier molecular flexibility index (Phi) is 4.25. The first kappa shape index (κ1) is 14.9. The summed E-state index contributed by atoms with van der Waals surface area (Å²) in [6.07, 6.45) is 5.25. The molecule has 0 amide bonds. The number of benzene rings is 1. The lowest BCUT2D eigenvalue weighted by Crippen LogP contribution is -2.49. The number of hydrogen-bond acceptors (Lipinski definition) is 2. The van der Waals surface area contributed by atoms with Gasteiger partial charge in [0, 0.05) is 35.2 Å². The zero-order valence-electron chi connectivity index (χ0n) is 12.9. The molecule has 0 aliphatic heterocycles. The lowest BCUT2D eigenvalue weighted by atomic mass is 9.96. The fourth-order valence-electron chi connectivity index (χ4n) is 3.52. The van der Waals surface area contributed by atoms with E-state index in [2.05, 4.69) is 41.4 Å². The van der Waals surface area contributed by atoms with Gasteiger partial charge in [-0.25, -0.2) is 0 Å². The number of halogens is 1. The van der Waals surface area contributed by atoms with E-state index in [-0.39, 0.29) is 0 Å². The largest absolute Gasteiger partial charge is 0.356 e. The first-order valence-corrected chi connectivity index (χ1v) is 8.13. The highest BCUT2D eigenvalue weighted by molar-refractivity contribution is 6.36. The van der Waals surface area contributed by atoms with Crippen LogP contribution in [0.25, 0.3) is 10.9 Å². The Morgan fingerprint density at radius 3 is 2.62 bits per heavy atom. The van der Waals surface area contributed by atoms with Crippen molar-refractivity contribution in [3.63, 3.8) is 0 Å². The lowest BCUT2D eigenvalue weighted by molar-refractivity contribution is 0.153. The van der Waals surface area contributed by atoms with Gasteiger partial charge in [-0.2, -0.15) is 0 Å². The zero-order chi connectivity index (χ0) is 14.9. The smallest absolute Gasteiger partial charge is 0.0705 e. The molecule has 3 rings (SSSR count). The van der Waals surface area contributed by atoms with E-state index in [4.69, 9.17) is 11.6 Å². The van der Waals surface area contributed by atoms with Crippen molar-refractivity contribution in [1.29, 1.82) is 0 Å². The van der Waals surface area contributed by atoms with Gasteiger partial charge in [0.25, 0.3) is 0 Å². The molecule has 114 valence electrons. The maximum atomic E-state index is 6.47. The van der Waals surface area contributed by atoms with Crippen molar-refractivity contribution in [2.45, 2.75) is 37.8 Å². The number of likely N-dealkylation sites (N-methyl/N-ethyl adjacent to an activating group) is 1. The van der Waals surface area contributed by atoms with Crippen LogP contribution < -0.4 is 5.32 Å². The Morgan fingerprint density at radius 1 is 1.24 bits per heavy atom. The Labute approximate surface area is 131 Å². The molecule has 0 spiro atoms. The molecule has 21 heavy (non-hydrogen) atoms. The van der Waals surface area contributed by atoms with E-state index in [1.165, 1.54) is 25.7 Å². The van der Waals surface area contributed by atoms with Gasteiger partial charge in [-0.05, 0) is 33.0 Å². The van der Waals surface area contributed by atoms with Crippen molar-refractivity contribution in [1.82, 2.24) is 15.2 Å². The van der Waals surface area contributed by atoms with E-state index < -0.39 is 0 Å². The van der Waals surface area contributed by atoms with Crippen molar-refractivity contribution >= 4 is 22.5 Å². The summed E-state index contributed by atoms with van der Waals surface area (Å²) in [7, 11) is 4.39. The van der Waals surface area contributed by atoms with E-state index in [0.29, 0.717) is 5.54 Å². The van der Waals surface area contributed by atoms with Crippen LogP contribution in [0, 0.1) is 0 Å². The Morgan fingerprint density at radius 2 is 1.95 bits per heavy atom. The molecule has 2 N–H and O–H groups in total. The number of aromatic amines is 1. The van der Waals surface area contributed by atoms with E-state index in [1.54, 1.807) is 0 Å². The molecule has 0 radical (unpaired) electrons. The normalized spacial score (nSPS) is 17.9. The quantitative estimate of drug-likeness (QED) is 0.880. The number of nitrogens with one attached hydrogen (secondary N) is 2. The van der Waals surface area contributed by atoms with E-state index in [0.717, 1.165) is 34.7 Å². The average molecular weight is 306 g/mol. The predicted octanol–water partition coefficient (Wildman–Crippen LogP) is 3.79. The molecule has 1 saturated carbocycles. The number of aromatic nitrogens is 1. The molecular weight excluding hydrogens is 282 g/mol. The highest BCUT2D eigenvalue weighted by Gasteiger charge is 2.35. The molecule has 1 heterocycles. The van der Waals surface area contributed by atoms with Crippen molar-refractivity contribution in [3.8, 4) is 0 Å².